The number of hydrogen-bond donors (Lipinski definition) is 1. The van der Waals surface area contributed by atoms with Crippen molar-refractivity contribution < 1.29 is 5.11 Å². The van der Waals surface area contributed by atoms with E-state index in [1.165, 1.54) is 16.9 Å². The minimum atomic E-state index is 0.119. The number of aliphatic hydroxyl groups is 1. The van der Waals surface area contributed by atoms with Crippen LogP contribution in [-0.2, 0) is 6.61 Å². The van der Waals surface area contributed by atoms with Crippen LogP contribution in [0.2, 0.25) is 0 Å². The van der Waals surface area contributed by atoms with Gasteiger partial charge in [0, 0.05) is 37.6 Å². The van der Waals surface area contributed by atoms with Crippen LogP contribution in [0.5, 0.6) is 0 Å². The number of piperazine rings is 1. The molecule has 0 amide bonds. The van der Waals surface area contributed by atoms with Gasteiger partial charge in [0.1, 0.15) is 0 Å². The van der Waals surface area contributed by atoms with Crippen molar-refractivity contribution in [2.75, 3.05) is 36.0 Å². The third-order valence-electron chi connectivity index (χ3n) is 4.26. The van der Waals surface area contributed by atoms with E-state index in [9.17, 15) is 5.11 Å². The summed E-state index contributed by atoms with van der Waals surface area (Å²) >= 11 is 0. The quantitative estimate of drug-likeness (QED) is 0.938. The lowest BCUT2D eigenvalue weighted by Gasteiger charge is -2.37. The standard InChI is InChI=1S/C18H22N2O/c1-15-13-18(8-7-16(15)14-21)20-11-9-19(10-12-20)17-5-3-2-4-6-17/h2-8,13,21H,9-12,14H2,1H3. The van der Waals surface area contributed by atoms with E-state index in [-0.39, 0.29) is 6.61 Å². The van der Waals surface area contributed by atoms with E-state index in [2.05, 4.69) is 59.2 Å². The van der Waals surface area contributed by atoms with Gasteiger partial charge in [0.25, 0.3) is 0 Å². The molecule has 2 aromatic rings. The minimum absolute atomic E-state index is 0.119. The molecule has 110 valence electrons. The zero-order chi connectivity index (χ0) is 14.7. The topological polar surface area (TPSA) is 26.7 Å². The van der Waals surface area contributed by atoms with Gasteiger partial charge in [-0.1, -0.05) is 24.3 Å². The lowest BCUT2D eigenvalue weighted by atomic mass is 10.1. The molecule has 2 aromatic carbocycles. The predicted molar refractivity (Wildman–Crippen MR) is 88.0 cm³/mol. The van der Waals surface area contributed by atoms with Gasteiger partial charge in [-0.2, -0.15) is 0 Å². The Bertz CT molecular complexity index is 589. The highest BCUT2D eigenvalue weighted by molar-refractivity contribution is 5.53. The molecule has 1 saturated heterocycles. The van der Waals surface area contributed by atoms with Gasteiger partial charge in [-0.3, -0.25) is 0 Å². The molecule has 0 bridgehead atoms. The highest BCUT2D eigenvalue weighted by Gasteiger charge is 2.17. The molecule has 0 atom stereocenters. The Morgan fingerprint density at radius 2 is 1.48 bits per heavy atom. The van der Waals surface area contributed by atoms with Gasteiger partial charge in [-0.15, -0.1) is 0 Å². The average Bonchev–Trinajstić information content (AvgIpc) is 2.56. The van der Waals surface area contributed by atoms with Gasteiger partial charge in [-0.05, 0) is 42.3 Å². The van der Waals surface area contributed by atoms with Gasteiger partial charge < -0.3 is 14.9 Å². The maximum absolute atomic E-state index is 9.26. The third kappa shape index (κ3) is 3.03. The molecule has 3 heteroatoms. The van der Waals surface area contributed by atoms with E-state index in [0.29, 0.717) is 0 Å². The number of anilines is 2. The Hall–Kier alpha value is -2.00. The Morgan fingerprint density at radius 1 is 0.857 bits per heavy atom. The van der Waals surface area contributed by atoms with Crippen molar-refractivity contribution in [2.45, 2.75) is 13.5 Å². The smallest absolute Gasteiger partial charge is 0.0684 e. The molecule has 0 unspecified atom stereocenters. The van der Waals surface area contributed by atoms with Crippen molar-refractivity contribution in [3.05, 3.63) is 59.7 Å². The van der Waals surface area contributed by atoms with Crippen LogP contribution in [0.25, 0.3) is 0 Å². The van der Waals surface area contributed by atoms with Gasteiger partial charge >= 0.3 is 0 Å². The molecule has 3 rings (SSSR count). The molecule has 1 aliphatic rings. The van der Waals surface area contributed by atoms with Gasteiger partial charge in [-0.25, -0.2) is 0 Å². The summed E-state index contributed by atoms with van der Waals surface area (Å²) in [6.07, 6.45) is 0. The van der Waals surface area contributed by atoms with Crippen LogP contribution in [0.15, 0.2) is 48.5 Å². The molecule has 1 fully saturated rings. The van der Waals surface area contributed by atoms with Crippen LogP contribution in [-0.4, -0.2) is 31.3 Å². The fourth-order valence-electron chi connectivity index (χ4n) is 2.92. The minimum Gasteiger partial charge on any atom is -0.392 e. The van der Waals surface area contributed by atoms with Crippen LogP contribution in [0.1, 0.15) is 11.1 Å². The van der Waals surface area contributed by atoms with Gasteiger partial charge in [0.2, 0.25) is 0 Å². The fraction of sp³-hybridized carbons (Fsp3) is 0.333. The van der Waals surface area contributed by atoms with Gasteiger partial charge in [0.05, 0.1) is 6.61 Å². The summed E-state index contributed by atoms with van der Waals surface area (Å²) in [6.45, 7) is 6.35. The zero-order valence-electron chi connectivity index (χ0n) is 12.5. The first-order chi connectivity index (χ1) is 10.3. The third-order valence-corrected chi connectivity index (χ3v) is 4.26. The number of hydrogen-bond acceptors (Lipinski definition) is 3. The Kier molecular flexibility index (Phi) is 4.11. The van der Waals surface area contributed by atoms with E-state index in [0.717, 1.165) is 31.7 Å². The van der Waals surface area contributed by atoms with Crippen molar-refractivity contribution in [2.24, 2.45) is 0 Å². The first-order valence-corrected chi connectivity index (χ1v) is 7.53. The summed E-state index contributed by atoms with van der Waals surface area (Å²) in [5, 5.41) is 9.26. The summed E-state index contributed by atoms with van der Waals surface area (Å²) < 4.78 is 0. The maximum atomic E-state index is 9.26. The molecule has 0 saturated carbocycles. The Morgan fingerprint density at radius 3 is 2.05 bits per heavy atom. The highest BCUT2D eigenvalue weighted by atomic mass is 16.3. The Labute approximate surface area is 126 Å². The summed E-state index contributed by atoms with van der Waals surface area (Å²) in [4.78, 5) is 4.86. The van der Waals surface area contributed by atoms with Crippen molar-refractivity contribution in [3.8, 4) is 0 Å². The largest absolute Gasteiger partial charge is 0.392 e. The number of nitrogens with zero attached hydrogens (tertiary/aromatic N) is 2. The zero-order valence-corrected chi connectivity index (χ0v) is 12.5. The van der Waals surface area contributed by atoms with E-state index < -0.39 is 0 Å². The summed E-state index contributed by atoms with van der Waals surface area (Å²) in [5.74, 6) is 0. The molecule has 0 radical (unpaired) electrons. The lowest BCUT2D eigenvalue weighted by molar-refractivity contribution is 0.281. The molecule has 1 heterocycles. The van der Waals surface area contributed by atoms with Crippen LogP contribution < -0.4 is 9.80 Å². The lowest BCUT2D eigenvalue weighted by Crippen LogP contribution is -2.46. The average molecular weight is 282 g/mol. The number of rotatable bonds is 3. The summed E-state index contributed by atoms with van der Waals surface area (Å²) in [7, 11) is 0. The van der Waals surface area contributed by atoms with Crippen molar-refractivity contribution in [1.82, 2.24) is 0 Å². The van der Waals surface area contributed by atoms with E-state index in [4.69, 9.17) is 0 Å². The van der Waals surface area contributed by atoms with E-state index in [1.807, 2.05) is 6.07 Å². The summed E-state index contributed by atoms with van der Waals surface area (Å²) in [5.41, 5.74) is 4.75. The van der Waals surface area contributed by atoms with Crippen LogP contribution in [0.3, 0.4) is 0 Å². The molecule has 0 spiro atoms. The van der Waals surface area contributed by atoms with Crippen LogP contribution >= 0.6 is 0 Å². The fourth-order valence-corrected chi connectivity index (χ4v) is 2.92. The number of para-hydroxylation sites is 1. The van der Waals surface area contributed by atoms with Crippen LogP contribution in [0, 0.1) is 6.92 Å². The second-order valence-electron chi connectivity index (χ2n) is 5.58. The van der Waals surface area contributed by atoms with E-state index in [1.54, 1.807) is 0 Å². The second-order valence-corrected chi connectivity index (χ2v) is 5.58. The molecule has 21 heavy (non-hydrogen) atoms. The molecule has 3 nitrogen and oxygen atoms in total. The summed E-state index contributed by atoms with van der Waals surface area (Å²) in [6, 6.07) is 16.9. The van der Waals surface area contributed by atoms with Crippen LogP contribution in [0.4, 0.5) is 11.4 Å². The molecular weight excluding hydrogens is 260 g/mol. The monoisotopic (exact) mass is 282 g/mol. The molecular formula is C18H22N2O. The Balaban J connectivity index is 1.67. The molecule has 1 N–H and O–H groups in total. The number of benzene rings is 2. The SMILES string of the molecule is Cc1cc(N2CCN(c3ccccc3)CC2)ccc1CO. The molecule has 0 aromatic heterocycles. The predicted octanol–water partition coefficient (Wildman–Crippen LogP) is 2.81. The van der Waals surface area contributed by atoms with Gasteiger partial charge in [0.15, 0.2) is 0 Å². The highest BCUT2D eigenvalue weighted by Crippen LogP contribution is 2.22. The number of aryl methyl sites for hydroxylation is 1. The maximum Gasteiger partial charge on any atom is 0.0684 e. The van der Waals surface area contributed by atoms with Crippen molar-refractivity contribution >= 4 is 11.4 Å². The molecule has 0 aliphatic carbocycles. The normalized spacial score (nSPS) is 15.3. The first-order valence-electron chi connectivity index (χ1n) is 7.53. The van der Waals surface area contributed by atoms with E-state index >= 15 is 0 Å². The van der Waals surface area contributed by atoms with Crippen molar-refractivity contribution in [1.29, 1.82) is 0 Å². The van der Waals surface area contributed by atoms with Crippen molar-refractivity contribution in [3.63, 3.8) is 0 Å². The number of aliphatic hydroxyl groups excluding tert-OH is 1. The molecule has 1 aliphatic heterocycles. The first kappa shape index (κ1) is 14.0. The second kappa shape index (κ2) is 6.19.